The van der Waals surface area contributed by atoms with Gasteiger partial charge >= 0.3 is 0 Å². The van der Waals surface area contributed by atoms with Gasteiger partial charge < -0.3 is 15.2 Å². The van der Waals surface area contributed by atoms with Gasteiger partial charge in [-0.15, -0.1) is 11.3 Å². The summed E-state index contributed by atoms with van der Waals surface area (Å²) >= 11 is 1.67. The lowest BCUT2D eigenvalue weighted by atomic mass is 10.2. The Balaban J connectivity index is 1.73. The second-order valence-electron chi connectivity index (χ2n) is 4.86. The molecule has 0 amide bonds. The van der Waals surface area contributed by atoms with Crippen molar-refractivity contribution in [1.29, 1.82) is 0 Å². The predicted molar refractivity (Wildman–Crippen MR) is 85.3 cm³/mol. The van der Waals surface area contributed by atoms with Crippen LogP contribution in [0.4, 0.5) is 5.69 Å². The van der Waals surface area contributed by atoms with E-state index in [2.05, 4.69) is 5.32 Å². The zero-order valence-electron chi connectivity index (χ0n) is 12.1. The minimum Gasteiger partial charge on any atom is -0.491 e. The number of nitrogens with one attached hydrogen (secondary N) is 1. The maximum atomic E-state index is 10.5. The van der Waals surface area contributed by atoms with Gasteiger partial charge in [-0.1, -0.05) is 6.07 Å². The molecular weight excluding hydrogens is 304 g/mol. The monoisotopic (exact) mass is 322 g/mol. The molecule has 1 aromatic carbocycles. The van der Waals surface area contributed by atoms with Crippen LogP contribution in [0.2, 0.25) is 0 Å². The second-order valence-corrected chi connectivity index (χ2v) is 5.84. The number of nitrogens with zero attached hydrogens (tertiary/aromatic N) is 1. The molecule has 0 bridgehead atoms. The van der Waals surface area contributed by atoms with Crippen LogP contribution in [0.1, 0.15) is 17.8 Å². The molecule has 0 aliphatic carbocycles. The largest absolute Gasteiger partial charge is 0.491 e. The van der Waals surface area contributed by atoms with Gasteiger partial charge in [0.1, 0.15) is 18.5 Å². The Hall–Kier alpha value is -1.96. The van der Waals surface area contributed by atoms with E-state index < -0.39 is 11.0 Å². The maximum absolute atomic E-state index is 10.5. The summed E-state index contributed by atoms with van der Waals surface area (Å²) in [6.07, 6.45) is -0.655. The molecule has 2 N–H and O–H groups in total. The highest BCUT2D eigenvalue weighted by atomic mass is 32.1. The molecule has 1 heterocycles. The van der Waals surface area contributed by atoms with Crippen molar-refractivity contribution in [2.75, 3.05) is 13.2 Å². The van der Waals surface area contributed by atoms with Crippen molar-refractivity contribution in [3.05, 3.63) is 56.8 Å². The third kappa shape index (κ3) is 4.80. The Kier molecular flexibility index (Phi) is 5.88. The van der Waals surface area contributed by atoms with E-state index in [1.165, 1.54) is 29.1 Å². The maximum Gasteiger partial charge on any atom is 0.269 e. The summed E-state index contributed by atoms with van der Waals surface area (Å²) < 4.78 is 5.42. The fourth-order valence-electron chi connectivity index (χ4n) is 1.87. The van der Waals surface area contributed by atoms with E-state index in [0.29, 0.717) is 12.3 Å². The Bertz CT molecular complexity index is 586. The molecule has 0 radical (unpaired) electrons. The summed E-state index contributed by atoms with van der Waals surface area (Å²) in [5.74, 6) is 0.496. The van der Waals surface area contributed by atoms with Crippen LogP contribution in [0.5, 0.6) is 5.75 Å². The SMILES string of the molecule is CC(NCC(O)COc1ccc([N+](=O)[O-])cc1)c1cccs1. The first-order valence-electron chi connectivity index (χ1n) is 6.88. The number of nitro benzene ring substituents is 1. The molecule has 0 aliphatic heterocycles. The van der Waals surface area contributed by atoms with Crippen molar-refractivity contribution < 1.29 is 14.8 Å². The molecule has 0 fully saturated rings. The zero-order chi connectivity index (χ0) is 15.9. The highest BCUT2D eigenvalue weighted by Crippen LogP contribution is 2.19. The van der Waals surface area contributed by atoms with Crippen LogP contribution in [-0.4, -0.2) is 29.3 Å². The van der Waals surface area contributed by atoms with E-state index in [1.807, 2.05) is 24.4 Å². The summed E-state index contributed by atoms with van der Waals surface area (Å²) in [4.78, 5) is 11.3. The first-order chi connectivity index (χ1) is 10.6. The lowest BCUT2D eigenvalue weighted by Crippen LogP contribution is -2.32. The summed E-state index contributed by atoms with van der Waals surface area (Å²) in [6, 6.07) is 10.00. The van der Waals surface area contributed by atoms with Crippen LogP contribution in [0.25, 0.3) is 0 Å². The van der Waals surface area contributed by atoms with Gasteiger partial charge in [-0.3, -0.25) is 10.1 Å². The van der Waals surface area contributed by atoms with E-state index in [1.54, 1.807) is 11.3 Å². The number of hydrogen-bond acceptors (Lipinski definition) is 6. The summed E-state index contributed by atoms with van der Waals surface area (Å²) in [5.41, 5.74) is 0.0133. The van der Waals surface area contributed by atoms with Gasteiger partial charge in [-0.05, 0) is 30.5 Å². The van der Waals surface area contributed by atoms with Crippen molar-refractivity contribution in [2.45, 2.75) is 19.1 Å². The lowest BCUT2D eigenvalue weighted by Gasteiger charge is -2.16. The van der Waals surface area contributed by atoms with Crippen molar-refractivity contribution in [3.8, 4) is 5.75 Å². The summed E-state index contributed by atoms with van der Waals surface area (Å²) in [6.45, 7) is 2.57. The van der Waals surface area contributed by atoms with Crippen molar-refractivity contribution in [1.82, 2.24) is 5.32 Å². The molecule has 0 saturated heterocycles. The number of rotatable bonds is 8. The summed E-state index contributed by atoms with van der Waals surface area (Å²) in [5, 5.41) is 25.7. The van der Waals surface area contributed by atoms with Crippen molar-refractivity contribution in [3.63, 3.8) is 0 Å². The molecule has 7 heteroatoms. The van der Waals surface area contributed by atoms with Crippen molar-refractivity contribution in [2.24, 2.45) is 0 Å². The quantitative estimate of drug-likeness (QED) is 0.576. The van der Waals surface area contributed by atoms with Crippen LogP contribution >= 0.6 is 11.3 Å². The predicted octanol–water partition coefficient (Wildman–Crippen LogP) is 2.75. The van der Waals surface area contributed by atoms with Crippen LogP contribution < -0.4 is 10.1 Å². The molecule has 6 nitrogen and oxygen atoms in total. The molecule has 2 rings (SSSR count). The number of benzene rings is 1. The topological polar surface area (TPSA) is 84.6 Å². The van der Waals surface area contributed by atoms with E-state index in [4.69, 9.17) is 4.74 Å². The Morgan fingerprint density at radius 2 is 2.09 bits per heavy atom. The van der Waals surface area contributed by atoms with Crippen molar-refractivity contribution >= 4 is 17.0 Å². The Morgan fingerprint density at radius 1 is 1.36 bits per heavy atom. The highest BCUT2D eigenvalue weighted by Gasteiger charge is 2.11. The zero-order valence-corrected chi connectivity index (χ0v) is 13.0. The standard InChI is InChI=1S/C15H18N2O4S/c1-11(15-3-2-8-22-15)16-9-13(18)10-21-14-6-4-12(5-7-14)17(19)20/h2-8,11,13,16,18H,9-10H2,1H3. The molecule has 22 heavy (non-hydrogen) atoms. The van der Waals surface area contributed by atoms with Crippen LogP contribution in [-0.2, 0) is 0 Å². The van der Waals surface area contributed by atoms with E-state index in [-0.39, 0.29) is 18.3 Å². The van der Waals surface area contributed by atoms with Crippen LogP contribution in [0.3, 0.4) is 0 Å². The Morgan fingerprint density at radius 3 is 2.68 bits per heavy atom. The average molecular weight is 322 g/mol. The van der Waals surface area contributed by atoms with Gasteiger partial charge in [0.2, 0.25) is 0 Å². The lowest BCUT2D eigenvalue weighted by molar-refractivity contribution is -0.384. The van der Waals surface area contributed by atoms with E-state index in [9.17, 15) is 15.2 Å². The summed E-state index contributed by atoms with van der Waals surface area (Å²) in [7, 11) is 0. The minimum absolute atomic E-state index is 0.0133. The smallest absolute Gasteiger partial charge is 0.269 e. The molecule has 1 aromatic heterocycles. The van der Waals surface area contributed by atoms with E-state index >= 15 is 0 Å². The van der Waals surface area contributed by atoms with E-state index in [0.717, 1.165) is 0 Å². The fourth-order valence-corrected chi connectivity index (χ4v) is 2.63. The van der Waals surface area contributed by atoms with Crippen LogP contribution in [0, 0.1) is 10.1 Å². The molecule has 118 valence electrons. The normalized spacial score (nSPS) is 13.5. The molecule has 2 unspecified atom stereocenters. The number of hydrogen-bond donors (Lipinski definition) is 2. The molecule has 2 aromatic rings. The molecule has 2 atom stereocenters. The van der Waals surface area contributed by atoms with Crippen LogP contribution in [0.15, 0.2) is 41.8 Å². The number of aliphatic hydroxyl groups is 1. The highest BCUT2D eigenvalue weighted by molar-refractivity contribution is 7.10. The van der Waals surface area contributed by atoms with Gasteiger partial charge in [0.05, 0.1) is 4.92 Å². The average Bonchev–Trinajstić information content (AvgIpc) is 3.05. The molecule has 0 aliphatic rings. The van der Waals surface area contributed by atoms with Gasteiger partial charge in [-0.2, -0.15) is 0 Å². The third-order valence-corrected chi connectivity index (χ3v) is 4.17. The molecule has 0 saturated carbocycles. The first kappa shape index (κ1) is 16.4. The second kappa shape index (κ2) is 7.88. The Labute approximate surface area is 132 Å². The number of thiophene rings is 1. The number of aliphatic hydroxyl groups excluding tert-OH is 1. The molecular formula is C15H18N2O4S. The fraction of sp³-hybridized carbons (Fsp3) is 0.333. The van der Waals surface area contributed by atoms with Gasteiger partial charge in [-0.25, -0.2) is 0 Å². The van der Waals surface area contributed by atoms with Gasteiger partial charge in [0.15, 0.2) is 0 Å². The number of ether oxygens (including phenoxy) is 1. The number of nitro groups is 1. The van der Waals surface area contributed by atoms with Gasteiger partial charge in [0.25, 0.3) is 5.69 Å². The van der Waals surface area contributed by atoms with Gasteiger partial charge in [0, 0.05) is 29.6 Å². The molecule has 0 spiro atoms. The number of non-ortho nitro benzene ring substituents is 1. The third-order valence-electron chi connectivity index (χ3n) is 3.12. The first-order valence-corrected chi connectivity index (χ1v) is 7.76. The minimum atomic E-state index is -0.655.